The molecule has 0 bridgehead atoms. The standard InChI is InChI=1S/C28H24ClNO4S/c29-24-14-12-23(13-15-24)27(21-6-2-1-3-7-21)20-35(32,33)30-17-16-22-8-4-10-26-25(22)9-5-11-28(26)34-19-18-31/h1-15,18,20,30H,16-17,19H2. The zero-order valence-electron chi connectivity index (χ0n) is 18.9. The highest BCUT2D eigenvalue weighted by molar-refractivity contribution is 7.92. The minimum Gasteiger partial charge on any atom is -0.486 e. The number of carbonyl (C=O) groups is 1. The second-order valence-electron chi connectivity index (χ2n) is 7.84. The molecule has 7 heteroatoms. The summed E-state index contributed by atoms with van der Waals surface area (Å²) in [6, 6.07) is 27.8. The van der Waals surface area contributed by atoms with E-state index in [0.29, 0.717) is 29.1 Å². The number of benzene rings is 4. The topological polar surface area (TPSA) is 72.5 Å². The Bertz CT molecular complexity index is 1450. The maximum absolute atomic E-state index is 13.0. The van der Waals surface area contributed by atoms with Gasteiger partial charge in [-0.3, -0.25) is 4.79 Å². The maximum Gasteiger partial charge on any atom is 0.234 e. The Morgan fingerprint density at radius 3 is 2.26 bits per heavy atom. The summed E-state index contributed by atoms with van der Waals surface area (Å²) >= 11 is 6.03. The van der Waals surface area contributed by atoms with Gasteiger partial charge in [-0.05, 0) is 46.7 Å². The van der Waals surface area contributed by atoms with E-state index < -0.39 is 10.0 Å². The van der Waals surface area contributed by atoms with Crippen LogP contribution in [-0.4, -0.2) is 27.9 Å². The van der Waals surface area contributed by atoms with Crippen molar-refractivity contribution in [2.24, 2.45) is 0 Å². The van der Waals surface area contributed by atoms with E-state index in [1.807, 2.05) is 66.7 Å². The molecule has 0 aliphatic rings. The minimum atomic E-state index is -3.74. The van der Waals surface area contributed by atoms with Crippen molar-refractivity contribution in [3.63, 3.8) is 0 Å². The molecule has 4 aromatic rings. The first-order valence-corrected chi connectivity index (χ1v) is 13.0. The van der Waals surface area contributed by atoms with E-state index in [2.05, 4.69) is 4.72 Å². The molecule has 0 aliphatic carbocycles. The summed E-state index contributed by atoms with van der Waals surface area (Å²) < 4.78 is 34.2. The Labute approximate surface area is 210 Å². The van der Waals surface area contributed by atoms with E-state index >= 15 is 0 Å². The van der Waals surface area contributed by atoms with Crippen LogP contribution in [0.15, 0.2) is 96.4 Å². The fraction of sp³-hybridized carbons (Fsp3) is 0.107. The first kappa shape index (κ1) is 24.7. The molecule has 5 nitrogen and oxygen atoms in total. The van der Waals surface area contributed by atoms with Gasteiger partial charge in [-0.2, -0.15) is 0 Å². The fourth-order valence-electron chi connectivity index (χ4n) is 3.89. The average Bonchev–Trinajstić information content (AvgIpc) is 2.87. The summed E-state index contributed by atoms with van der Waals surface area (Å²) in [5.74, 6) is 0.621. The third kappa shape index (κ3) is 6.36. The Kier molecular flexibility index (Phi) is 7.98. The highest BCUT2D eigenvalue weighted by Crippen LogP contribution is 2.29. The number of halogens is 1. The number of hydrogen-bond acceptors (Lipinski definition) is 4. The lowest BCUT2D eigenvalue weighted by atomic mass is 10.00. The van der Waals surface area contributed by atoms with Gasteiger partial charge in [0.25, 0.3) is 0 Å². The van der Waals surface area contributed by atoms with Crippen LogP contribution in [0.4, 0.5) is 0 Å². The molecular weight excluding hydrogens is 482 g/mol. The third-order valence-electron chi connectivity index (χ3n) is 5.49. The monoisotopic (exact) mass is 505 g/mol. The number of hydrogen-bond donors (Lipinski definition) is 1. The molecule has 0 unspecified atom stereocenters. The van der Waals surface area contributed by atoms with E-state index in [0.717, 1.165) is 27.5 Å². The molecule has 0 aromatic heterocycles. The van der Waals surface area contributed by atoms with Crippen LogP contribution < -0.4 is 9.46 Å². The van der Waals surface area contributed by atoms with Crippen molar-refractivity contribution < 1.29 is 17.9 Å². The zero-order chi connectivity index (χ0) is 24.7. The van der Waals surface area contributed by atoms with Gasteiger partial charge in [-0.25, -0.2) is 13.1 Å². The van der Waals surface area contributed by atoms with Gasteiger partial charge in [0.1, 0.15) is 12.4 Å². The van der Waals surface area contributed by atoms with Gasteiger partial charge in [0.15, 0.2) is 6.29 Å². The molecular formula is C28H24ClNO4S. The molecule has 0 atom stereocenters. The maximum atomic E-state index is 13.0. The van der Waals surface area contributed by atoms with Gasteiger partial charge in [-0.1, -0.05) is 84.4 Å². The second kappa shape index (κ2) is 11.3. The third-order valence-corrected chi connectivity index (χ3v) is 6.89. The molecule has 1 N–H and O–H groups in total. The number of nitrogens with one attached hydrogen (secondary N) is 1. The quantitative estimate of drug-likeness (QED) is 0.284. The first-order chi connectivity index (χ1) is 17.0. The largest absolute Gasteiger partial charge is 0.486 e. The van der Waals surface area contributed by atoms with E-state index in [1.54, 1.807) is 24.3 Å². The van der Waals surface area contributed by atoms with E-state index in [4.69, 9.17) is 16.3 Å². The van der Waals surface area contributed by atoms with Crippen molar-refractivity contribution >= 4 is 44.3 Å². The van der Waals surface area contributed by atoms with Gasteiger partial charge >= 0.3 is 0 Å². The van der Waals surface area contributed by atoms with Crippen molar-refractivity contribution in [1.29, 1.82) is 0 Å². The highest BCUT2D eigenvalue weighted by Gasteiger charge is 2.13. The van der Waals surface area contributed by atoms with Crippen molar-refractivity contribution in [3.05, 3.63) is 118 Å². The Morgan fingerprint density at radius 1 is 0.829 bits per heavy atom. The second-order valence-corrected chi connectivity index (χ2v) is 9.89. The summed E-state index contributed by atoms with van der Waals surface area (Å²) in [5.41, 5.74) is 3.10. The number of sulfonamides is 1. The van der Waals surface area contributed by atoms with Crippen LogP contribution in [0, 0.1) is 0 Å². The predicted octanol–water partition coefficient (Wildman–Crippen LogP) is 5.62. The smallest absolute Gasteiger partial charge is 0.234 e. The number of fused-ring (bicyclic) bond motifs is 1. The van der Waals surface area contributed by atoms with Crippen LogP contribution in [0.5, 0.6) is 5.75 Å². The summed E-state index contributed by atoms with van der Waals surface area (Å²) in [5, 5.41) is 3.68. The molecule has 0 fully saturated rings. The summed E-state index contributed by atoms with van der Waals surface area (Å²) in [4.78, 5) is 10.7. The normalized spacial score (nSPS) is 12.0. The van der Waals surface area contributed by atoms with Crippen molar-refractivity contribution in [3.8, 4) is 5.75 Å². The number of carbonyl (C=O) groups excluding carboxylic acids is 1. The van der Waals surface area contributed by atoms with Crippen LogP contribution in [0.25, 0.3) is 16.3 Å². The summed E-state index contributed by atoms with van der Waals surface area (Å²) in [7, 11) is -3.74. The van der Waals surface area contributed by atoms with Crippen molar-refractivity contribution in [2.45, 2.75) is 6.42 Å². The SMILES string of the molecule is O=CCOc1cccc2c(CCNS(=O)(=O)C=C(c3ccccc3)c3ccc(Cl)cc3)cccc12. The Morgan fingerprint density at radius 2 is 1.51 bits per heavy atom. The van der Waals surface area contributed by atoms with Gasteiger partial charge in [-0.15, -0.1) is 0 Å². The van der Waals surface area contributed by atoms with E-state index in [1.165, 1.54) is 5.41 Å². The van der Waals surface area contributed by atoms with Crippen LogP contribution >= 0.6 is 11.6 Å². The van der Waals surface area contributed by atoms with Crippen LogP contribution in [0.2, 0.25) is 5.02 Å². The molecule has 0 amide bonds. The molecule has 35 heavy (non-hydrogen) atoms. The van der Waals surface area contributed by atoms with Crippen molar-refractivity contribution in [1.82, 2.24) is 4.72 Å². The van der Waals surface area contributed by atoms with Gasteiger partial charge in [0, 0.05) is 22.5 Å². The minimum absolute atomic E-state index is 0.0210. The van der Waals surface area contributed by atoms with Crippen LogP contribution in [-0.2, 0) is 21.2 Å². The molecule has 0 saturated carbocycles. The first-order valence-electron chi connectivity index (χ1n) is 11.1. The Hall–Kier alpha value is -3.45. The lowest BCUT2D eigenvalue weighted by molar-refractivity contribution is -0.109. The zero-order valence-corrected chi connectivity index (χ0v) is 20.4. The molecule has 0 radical (unpaired) electrons. The summed E-state index contributed by atoms with van der Waals surface area (Å²) in [6.45, 7) is 0.201. The molecule has 0 spiro atoms. The van der Waals surface area contributed by atoms with E-state index in [9.17, 15) is 13.2 Å². The highest BCUT2D eigenvalue weighted by atomic mass is 35.5. The number of aldehydes is 1. The van der Waals surface area contributed by atoms with Gasteiger partial charge < -0.3 is 4.74 Å². The van der Waals surface area contributed by atoms with E-state index in [-0.39, 0.29) is 13.2 Å². The molecule has 0 heterocycles. The molecule has 0 aliphatic heterocycles. The lowest BCUT2D eigenvalue weighted by Crippen LogP contribution is -2.24. The predicted molar refractivity (Wildman–Crippen MR) is 141 cm³/mol. The molecule has 4 rings (SSSR count). The van der Waals surface area contributed by atoms with Gasteiger partial charge in [0.05, 0.1) is 5.41 Å². The molecule has 178 valence electrons. The van der Waals surface area contributed by atoms with Crippen LogP contribution in [0.3, 0.4) is 0 Å². The lowest BCUT2D eigenvalue weighted by Gasteiger charge is -2.12. The van der Waals surface area contributed by atoms with Crippen molar-refractivity contribution in [2.75, 3.05) is 13.2 Å². The Balaban J connectivity index is 1.55. The van der Waals surface area contributed by atoms with Crippen LogP contribution in [0.1, 0.15) is 16.7 Å². The fourth-order valence-corrected chi connectivity index (χ4v) is 5.07. The summed E-state index contributed by atoms with van der Waals surface area (Å²) in [6.07, 6.45) is 1.20. The molecule has 0 saturated heterocycles. The number of ether oxygens (including phenoxy) is 1. The number of rotatable bonds is 10. The average molecular weight is 506 g/mol. The van der Waals surface area contributed by atoms with Gasteiger partial charge in [0.2, 0.25) is 10.0 Å². The molecule has 4 aromatic carbocycles.